The van der Waals surface area contributed by atoms with Crippen LogP contribution < -0.4 is 4.90 Å². The first-order valence-electron chi connectivity index (χ1n) is 6.35. The highest BCUT2D eigenvalue weighted by atomic mass is 19.1. The maximum absolute atomic E-state index is 13.6. The van der Waals surface area contributed by atoms with Crippen LogP contribution in [0.25, 0.3) is 0 Å². The quantitative estimate of drug-likeness (QED) is 0.820. The Hall–Kier alpha value is -1.13. The fourth-order valence-electron chi connectivity index (χ4n) is 2.03. The van der Waals surface area contributed by atoms with Gasteiger partial charge in [-0.2, -0.15) is 0 Å². The minimum Gasteiger partial charge on any atom is -0.395 e. The largest absolute Gasteiger partial charge is 0.395 e. The van der Waals surface area contributed by atoms with Gasteiger partial charge in [-0.3, -0.25) is 0 Å². The molecule has 1 aromatic rings. The molecule has 1 aromatic carbocycles. The first kappa shape index (κ1) is 14.9. The number of hydrogen-bond acceptors (Lipinski definition) is 3. The fraction of sp³-hybridized carbons (Fsp3) is 0.571. The van der Waals surface area contributed by atoms with Gasteiger partial charge in [0.15, 0.2) is 0 Å². The van der Waals surface area contributed by atoms with Gasteiger partial charge < -0.3 is 15.1 Å². The van der Waals surface area contributed by atoms with Crippen molar-refractivity contribution in [3.63, 3.8) is 0 Å². The molecule has 0 aliphatic heterocycles. The predicted octanol–water partition coefficient (Wildman–Crippen LogP) is 2.40. The summed E-state index contributed by atoms with van der Waals surface area (Å²) in [6, 6.07) is 3.12. The number of aliphatic hydroxyl groups is 2. The monoisotopic (exact) mass is 255 g/mol. The van der Waals surface area contributed by atoms with Crippen molar-refractivity contribution in [1.82, 2.24) is 0 Å². The zero-order valence-electron chi connectivity index (χ0n) is 11.3. The number of aryl methyl sites for hydroxylation is 1. The molecule has 0 aliphatic carbocycles. The van der Waals surface area contributed by atoms with Crippen LogP contribution in [0.2, 0.25) is 0 Å². The first-order chi connectivity index (χ1) is 8.51. The molecule has 0 aliphatic rings. The first-order valence-corrected chi connectivity index (χ1v) is 6.35. The van der Waals surface area contributed by atoms with E-state index in [0.29, 0.717) is 17.7 Å². The molecular formula is C14H22FNO2. The highest BCUT2D eigenvalue weighted by molar-refractivity contribution is 5.56. The van der Waals surface area contributed by atoms with Crippen LogP contribution >= 0.6 is 0 Å². The second kappa shape index (κ2) is 6.71. The number of hydrogen-bond donors (Lipinski definition) is 2. The number of anilines is 1. The molecule has 0 spiro atoms. The minimum absolute atomic E-state index is 0.0374. The average Bonchev–Trinajstić information content (AvgIpc) is 2.31. The van der Waals surface area contributed by atoms with Crippen LogP contribution in [0.3, 0.4) is 0 Å². The van der Waals surface area contributed by atoms with E-state index in [9.17, 15) is 9.50 Å². The second-order valence-corrected chi connectivity index (χ2v) is 4.55. The second-order valence-electron chi connectivity index (χ2n) is 4.55. The Morgan fingerprint density at radius 3 is 2.50 bits per heavy atom. The molecule has 0 amide bonds. The highest BCUT2D eigenvalue weighted by Gasteiger charge is 2.16. The number of halogens is 1. The molecule has 1 atom stereocenters. The van der Waals surface area contributed by atoms with E-state index in [0.717, 1.165) is 18.7 Å². The summed E-state index contributed by atoms with van der Waals surface area (Å²) in [7, 11) is 0. The molecule has 0 fully saturated rings. The molecule has 2 N–H and O–H groups in total. The van der Waals surface area contributed by atoms with Crippen molar-refractivity contribution in [3.05, 3.63) is 29.1 Å². The molecule has 0 aromatic heterocycles. The Morgan fingerprint density at radius 1 is 1.33 bits per heavy atom. The van der Waals surface area contributed by atoms with Gasteiger partial charge in [0.05, 0.1) is 12.7 Å². The van der Waals surface area contributed by atoms with E-state index in [1.807, 2.05) is 11.8 Å². The smallest absolute Gasteiger partial charge is 0.126 e. The van der Waals surface area contributed by atoms with Crippen LogP contribution in [-0.4, -0.2) is 29.9 Å². The van der Waals surface area contributed by atoms with Crippen molar-refractivity contribution in [2.45, 2.75) is 33.3 Å². The SMILES string of the molecule is CCCN(CCO)c1cc(C)c(F)cc1[C@H](C)O. The van der Waals surface area contributed by atoms with Crippen LogP contribution in [0.5, 0.6) is 0 Å². The molecule has 4 heteroatoms. The van der Waals surface area contributed by atoms with Gasteiger partial charge in [-0.15, -0.1) is 0 Å². The van der Waals surface area contributed by atoms with E-state index in [2.05, 4.69) is 0 Å². The molecule has 0 unspecified atom stereocenters. The predicted molar refractivity (Wildman–Crippen MR) is 71.4 cm³/mol. The van der Waals surface area contributed by atoms with Gasteiger partial charge in [0.2, 0.25) is 0 Å². The molecule has 0 radical (unpaired) electrons. The summed E-state index contributed by atoms with van der Waals surface area (Å²) < 4.78 is 13.6. The molecule has 0 saturated heterocycles. The lowest BCUT2D eigenvalue weighted by atomic mass is 10.0. The number of benzene rings is 1. The third-order valence-corrected chi connectivity index (χ3v) is 2.96. The minimum atomic E-state index is -0.729. The summed E-state index contributed by atoms with van der Waals surface area (Å²) in [5, 5.41) is 18.8. The maximum Gasteiger partial charge on any atom is 0.126 e. The maximum atomic E-state index is 13.6. The Labute approximate surface area is 108 Å². The lowest BCUT2D eigenvalue weighted by Crippen LogP contribution is -2.29. The van der Waals surface area contributed by atoms with E-state index in [1.165, 1.54) is 6.07 Å². The van der Waals surface area contributed by atoms with Gasteiger partial charge >= 0.3 is 0 Å². The van der Waals surface area contributed by atoms with Crippen molar-refractivity contribution in [2.75, 3.05) is 24.6 Å². The summed E-state index contributed by atoms with van der Waals surface area (Å²) in [4.78, 5) is 1.98. The molecular weight excluding hydrogens is 233 g/mol. The molecule has 102 valence electrons. The molecule has 3 nitrogen and oxygen atoms in total. The summed E-state index contributed by atoms with van der Waals surface area (Å²) in [5.74, 6) is -0.310. The van der Waals surface area contributed by atoms with E-state index < -0.39 is 6.10 Å². The van der Waals surface area contributed by atoms with Gasteiger partial charge in [0.25, 0.3) is 0 Å². The lowest BCUT2D eigenvalue weighted by molar-refractivity contribution is 0.199. The van der Waals surface area contributed by atoms with Gasteiger partial charge in [0.1, 0.15) is 5.82 Å². The highest BCUT2D eigenvalue weighted by Crippen LogP contribution is 2.29. The van der Waals surface area contributed by atoms with Crippen molar-refractivity contribution >= 4 is 5.69 Å². The standard InChI is InChI=1S/C14H22FNO2/c1-4-5-16(6-7-17)14-8-10(2)13(15)9-12(14)11(3)18/h8-9,11,17-18H,4-7H2,1-3H3/t11-/m0/s1. The Morgan fingerprint density at radius 2 is 2.00 bits per heavy atom. The Kier molecular flexibility index (Phi) is 5.56. The topological polar surface area (TPSA) is 43.7 Å². The van der Waals surface area contributed by atoms with Crippen molar-refractivity contribution < 1.29 is 14.6 Å². The van der Waals surface area contributed by atoms with Gasteiger partial charge in [-0.05, 0) is 38.0 Å². The van der Waals surface area contributed by atoms with E-state index in [-0.39, 0.29) is 12.4 Å². The van der Waals surface area contributed by atoms with Gasteiger partial charge in [-0.1, -0.05) is 6.92 Å². The molecule has 0 bridgehead atoms. The number of rotatable bonds is 6. The molecule has 0 saturated carbocycles. The van der Waals surface area contributed by atoms with Crippen LogP contribution in [0.15, 0.2) is 12.1 Å². The molecule has 18 heavy (non-hydrogen) atoms. The summed E-state index contributed by atoms with van der Waals surface area (Å²) in [6.07, 6.45) is 0.198. The van der Waals surface area contributed by atoms with Crippen LogP contribution in [0.1, 0.15) is 37.5 Å². The van der Waals surface area contributed by atoms with Crippen molar-refractivity contribution in [3.8, 4) is 0 Å². The summed E-state index contributed by atoms with van der Waals surface area (Å²) in [5.41, 5.74) is 1.92. The average molecular weight is 255 g/mol. The van der Waals surface area contributed by atoms with E-state index in [1.54, 1.807) is 19.9 Å². The van der Waals surface area contributed by atoms with E-state index in [4.69, 9.17) is 5.11 Å². The Bertz CT molecular complexity index is 388. The number of nitrogens with zero attached hydrogens (tertiary/aromatic N) is 1. The molecule has 0 heterocycles. The van der Waals surface area contributed by atoms with E-state index >= 15 is 0 Å². The van der Waals surface area contributed by atoms with Gasteiger partial charge in [-0.25, -0.2) is 4.39 Å². The third-order valence-electron chi connectivity index (χ3n) is 2.96. The normalized spacial score (nSPS) is 12.6. The van der Waals surface area contributed by atoms with Crippen LogP contribution in [0, 0.1) is 12.7 Å². The zero-order chi connectivity index (χ0) is 13.7. The van der Waals surface area contributed by atoms with Crippen LogP contribution in [0.4, 0.5) is 10.1 Å². The zero-order valence-corrected chi connectivity index (χ0v) is 11.3. The fourth-order valence-corrected chi connectivity index (χ4v) is 2.03. The summed E-state index contributed by atoms with van der Waals surface area (Å²) in [6.45, 7) is 6.66. The third kappa shape index (κ3) is 3.43. The molecule has 1 rings (SSSR count). The number of aliphatic hydroxyl groups excluding tert-OH is 2. The van der Waals surface area contributed by atoms with Crippen LogP contribution in [-0.2, 0) is 0 Å². The Balaban J connectivity index is 3.21. The van der Waals surface area contributed by atoms with Crippen molar-refractivity contribution in [1.29, 1.82) is 0 Å². The summed E-state index contributed by atoms with van der Waals surface area (Å²) >= 11 is 0. The lowest BCUT2D eigenvalue weighted by Gasteiger charge is -2.27. The van der Waals surface area contributed by atoms with Gasteiger partial charge in [0, 0.05) is 24.3 Å². The van der Waals surface area contributed by atoms with Crippen molar-refractivity contribution in [2.24, 2.45) is 0 Å².